The van der Waals surface area contributed by atoms with E-state index in [4.69, 9.17) is 4.74 Å². The van der Waals surface area contributed by atoms with E-state index in [1.165, 1.54) is 31.2 Å². The van der Waals surface area contributed by atoms with Crippen LogP contribution >= 0.6 is 0 Å². The van der Waals surface area contributed by atoms with Gasteiger partial charge in [-0.25, -0.2) is 9.59 Å². The maximum atomic E-state index is 13.0. The van der Waals surface area contributed by atoms with E-state index in [-0.39, 0.29) is 40.9 Å². The summed E-state index contributed by atoms with van der Waals surface area (Å²) in [6, 6.07) is 14.6. The number of carbonyl (C=O) groups is 2. The number of epoxide rings is 1. The maximum absolute atomic E-state index is 13.0. The summed E-state index contributed by atoms with van der Waals surface area (Å²) in [6.07, 6.45) is 0. The van der Waals surface area contributed by atoms with Gasteiger partial charge in [0.1, 0.15) is 18.3 Å². The van der Waals surface area contributed by atoms with Gasteiger partial charge in [0, 0.05) is 11.3 Å². The third kappa shape index (κ3) is 6.62. The number of rotatable bonds is 7. The molecular formula is C24H22F2N2O7. The summed E-state index contributed by atoms with van der Waals surface area (Å²) in [6.45, 7) is 0.222. The molecule has 0 spiro atoms. The molecule has 11 heteroatoms. The fourth-order valence-corrected chi connectivity index (χ4v) is 3.55. The van der Waals surface area contributed by atoms with Gasteiger partial charge in [-0.3, -0.25) is 10.1 Å². The lowest BCUT2D eigenvalue weighted by molar-refractivity contribution is -0.431. The van der Waals surface area contributed by atoms with E-state index in [0.717, 1.165) is 5.56 Å². The van der Waals surface area contributed by atoms with Gasteiger partial charge in [-0.15, -0.1) is 0 Å². The molecule has 0 aromatic heterocycles. The Hall–Kier alpha value is -4.28. The third-order valence-corrected chi connectivity index (χ3v) is 5.06. The van der Waals surface area contributed by atoms with Gasteiger partial charge in [0.25, 0.3) is 5.70 Å². The van der Waals surface area contributed by atoms with Gasteiger partial charge in [0.05, 0.1) is 16.2 Å². The maximum Gasteiger partial charge on any atom is 0.387 e. The Labute approximate surface area is 199 Å². The molecule has 2 aromatic carbocycles. The fraction of sp³-hybridized carbons (Fsp3) is 0.250. The average molecular weight is 488 g/mol. The van der Waals surface area contributed by atoms with Gasteiger partial charge in [0.15, 0.2) is 6.61 Å². The van der Waals surface area contributed by atoms with Crippen LogP contribution in [0.3, 0.4) is 0 Å². The number of carbonyl (C=O) groups excluding carboxylic acids is 2. The summed E-state index contributed by atoms with van der Waals surface area (Å²) < 4.78 is 40.0. The van der Waals surface area contributed by atoms with E-state index < -0.39 is 23.4 Å². The molecule has 1 unspecified atom stereocenters. The van der Waals surface area contributed by atoms with Crippen LogP contribution in [0, 0.1) is 10.1 Å². The minimum Gasteiger partial charge on any atom is -0.457 e. The first-order valence-electron chi connectivity index (χ1n) is 10.4. The summed E-state index contributed by atoms with van der Waals surface area (Å²) in [5, 5.41) is 14.7. The zero-order valence-electron chi connectivity index (χ0n) is 18.8. The number of halogens is 2. The molecular weight excluding hydrogens is 466 g/mol. The van der Waals surface area contributed by atoms with Gasteiger partial charge in [-0.05, 0) is 25.5 Å². The van der Waals surface area contributed by atoms with Crippen molar-refractivity contribution in [1.29, 1.82) is 0 Å². The number of nitrogens with zero attached hydrogens (tertiary/aromatic N) is 1. The molecule has 1 atom stereocenters. The Bertz CT molecular complexity index is 1170. The lowest BCUT2D eigenvalue weighted by Gasteiger charge is -2.27. The average Bonchev–Trinajstić information content (AvgIpc) is 3.60. The van der Waals surface area contributed by atoms with Crippen molar-refractivity contribution in [2.45, 2.75) is 33.0 Å². The summed E-state index contributed by atoms with van der Waals surface area (Å²) in [5.41, 5.74) is 0.941. The Morgan fingerprint density at radius 3 is 2.31 bits per heavy atom. The van der Waals surface area contributed by atoms with Crippen molar-refractivity contribution in [3.8, 4) is 5.75 Å². The molecule has 2 heterocycles. The molecule has 1 fully saturated rings. The smallest absolute Gasteiger partial charge is 0.387 e. The van der Waals surface area contributed by atoms with Crippen molar-refractivity contribution >= 4 is 11.9 Å². The van der Waals surface area contributed by atoms with E-state index in [9.17, 15) is 28.5 Å². The lowest BCUT2D eigenvalue weighted by Crippen LogP contribution is -2.32. The molecule has 2 aliphatic rings. The predicted molar refractivity (Wildman–Crippen MR) is 119 cm³/mol. The van der Waals surface area contributed by atoms with Crippen molar-refractivity contribution in [2.75, 3.05) is 6.61 Å². The number of para-hydroxylation sites is 1. The number of nitrogens with one attached hydrogen (secondary N) is 1. The number of nitro groups is 1. The van der Waals surface area contributed by atoms with E-state index in [1.54, 1.807) is 31.2 Å². The van der Waals surface area contributed by atoms with Crippen LogP contribution in [0.15, 0.2) is 77.3 Å². The molecule has 2 aromatic rings. The van der Waals surface area contributed by atoms with Crippen LogP contribution in [0.25, 0.3) is 0 Å². The summed E-state index contributed by atoms with van der Waals surface area (Å²) in [7, 11) is 0. The second-order valence-electron chi connectivity index (χ2n) is 7.50. The molecule has 0 bridgehead atoms. The van der Waals surface area contributed by atoms with Gasteiger partial charge in [-0.1, -0.05) is 48.5 Å². The Morgan fingerprint density at radius 1 is 1.14 bits per heavy atom. The monoisotopic (exact) mass is 488 g/mol. The number of esters is 1. The van der Waals surface area contributed by atoms with Gasteiger partial charge in [0.2, 0.25) is 0 Å². The molecule has 9 nitrogen and oxygen atoms in total. The summed E-state index contributed by atoms with van der Waals surface area (Å²) in [4.78, 5) is 33.6. The molecule has 0 aliphatic carbocycles. The van der Waals surface area contributed by atoms with Crippen LogP contribution < -0.4 is 10.1 Å². The Balaban J connectivity index is 0.000000775. The highest BCUT2D eigenvalue weighted by atomic mass is 19.3. The number of ether oxygens (including phenoxy) is 3. The molecule has 0 saturated carbocycles. The van der Waals surface area contributed by atoms with Crippen LogP contribution in [-0.2, 0) is 25.7 Å². The molecule has 1 N–H and O–H groups in total. The van der Waals surface area contributed by atoms with E-state index in [1.807, 2.05) is 6.07 Å². The fourth-order valence-electron chi connectivity index (χ4n) is 3.55. The zero-order valence-corrected chi connectivity index (χ0v) is 18.8. The van der Waals surface area contributed by atoms with Crippen molar-refractivity contribution in [3.63, 3.8) is 0 Å². The number of cyclic esters (lactones) is 1. The molecule has 0 amide bonds. The number of benzene rings is 2. The van der Waals surface area contributed by atoms with E-state index in [0.29, 0.717) is 12.3 Å². The second-order valence-corrected chi connectivity index (χ2v) is 7.50. The lowest BCUT2D eigenvalue weighted by atomic mass is 9.83. The van der Waals surface area contributed by atoms with Crippen molar-refractivity contribution in [2.24, 2.45) is 0 Å². The number of alkyl halides is 2. The molecule has 35 heavy (non-hydrogen) atoms. The van der Waals surface area contributed by atoms with E-state index >= 15 is 0 Å². The topological polar surface area (TPSA) is 120 Å². The standard InChI is InChI=1S/C22H20F2N2O5.C2H2O2/c1-13-18(21(27)30-12-15-8-4-3-5-9-15)19(20(26(28)29)14(2)25-13)16-10-6-7-11-17(16)31-22(23)24;3-2-1-4-2/h3-11,19,22,25H,12H2,1-2H3;1H2. The molecule has 1 saturated heterocycles. The Morgan fingerprint density at radius 2 is 1.74 bits per heavy atom. The summed E-state index contributed by atoms with van der Waals surface area (Å²) in [5.74, 6) is -2.38. The predicted octanol–water partition coefficient (Wildman–Crippen LogP) is 4.04. The Kier molecular flexibility index (Phi) is 8.13. The van der Waals surface area contributed by atoms with Crippen molar-refractivity contribution in [3.05, 3.63) is 98.5 Å². The van der Waals surface area contributed by atoms with Crippen LogP contribution in [0.2, 0.25) is 0 Å². The van der Waals surface area contributed by atoms with Crippen LogP contribution in [-0.4, -0.2) is 30.1 Å². The number of hydrogen-bond donors (Lipinski definition) is 1. The summed E-state index contributed by atoms with van der Waals surface area (Å²) >= 11 is 0. The first kappa shape index (κ1) is 25.3. The number of allylic oxidation sites excluding steroid dienone is 3. The SMILES string of the molecule is CC1=C(C(=O)OCc2ccccc2)C(c2ccccc2OC(F)F)C([N+](=O)[O-])=C(C)N1.O=C1CO1. The minimum absolute atomic E-state index is 0.0430. The second kappa shape index (κ2) is 11.2. The van der Waals surface area contributed by atoms with Gasteiger partial charge < -0.3 is 19.5 Å². The van der Waals surface area contributed by atoms with Gasteiger partial charge >= 0.3 is 18.6 Å². The van der Waals surface area contributed by atoms with Crippen LogP contribution in [0.4, 0.5) is 8.78 Å². The van der Waals surface area contributed by atoms with Gasteiger partial charge in [-0.2, -0.15) is 8.78 Å². The number of dihydropyridines is 1. The van der Waals surface area contributed by atoms with Crippen molar-refractivity contribution in [1.82, 2.24) is 5.32 Å². The molecule has 184 valence electrons. The zero-order chi connectivity index (χ0) is 25.5. The third-order valence-electron chi connectivity index (χ3n) is 5.06. The highest BCUT2D eigenvalue weighted by molar-refractivity contribution is 5.92. The normalized spacial score (nSPS) is 16.6. The molecule has 4 rings (SSSR count). The largest absolute Gasteiger partial charge is 0.457 e. The van der Waals surface area contributed by atoms with Crippen LogP contribution in [0.1, 0.15) is 30.9 Å². The first-order valence-corrected chi connectivity index (χ1v) is 10.4. The minimum atomic E-state index is -3.13. The van der Waals surface area contributed by atoms with Crippen LogP contribution in [0.5, 0.6) is 5.75 Å². The van der Waals surface area contributed by atoms with Crippen molar-refractivity contribution < 1.29 is 37.5 Å². The highest BCUT2D eigenvalue weighted by Gasteiger charge is 2.42. The quantitative estimate of drug-likeness (QED) is 0.268. The molecule has 2 aliphatic heterocycles. The number of hydrogen-bond acceptors (Lipinski definition) is 8. The first-order chi connectivity index (χ1) is 16.7. The highest BCUT2D eigenvalue weighted by Crippen LogP contribution is 2.42. The molecule has 0 radical (unpaired) electrons. The van der Waals surface area contributed by atoms with E-state index in [2.05, 4.69) is 14.8 Å².